The van der Waals surface area contributed by atoms with Crippen LogP contribution in [0.3, 0.4) is 0 Å². The number of non-ortho nitro benzene ring substituents is 1. The van der Waals surface area contributed by atoms with Crippen LogP contribution in [0.25, 0.3) is 0 Å². The number of hydrogen-bond acceptors (Lipinski definition) is 4. The Kier molecular flexibility index (Phi) is 6.09. The van der Waals surface area contributed by atoms with Gasteiger partial charge < -0.3 is 15.5 Å². The Morgan fingerprint density at radius 3 is 2.82 bits per heavy atom. The molecule has 1 fully saturated rings. The summed E-state index contributed by atoms with van der Waals surface area (Å²) in [6.07, 6.45) is 3.32. The number of rotatable bonds is 5. The Morgan fingerprint density at radius 2 is 2.18 bits per heavy atom. The van der Waals surface area contributed by atoms with E-state index in [4.69, 9.17) is 12.2 Å². The molecule has 0 aromatic heterocycles. The fourth-order valence-corrected chi connectivity index (χ4v) is 2.95. The number of thiocarbonyl (C=S) groups is 1. The van der Waals surface area contributed by atoms with E-state index in [-0.39, 0.29) is 5.69 Å². The molecule has 1 heterocycles. The van der Waals surface area contributed by atoms with Gasteiger partial charge in [0, 0.05) is 37.0 Å². The van der Waals surface area contributed by atoms with Gasteiger partial charge in [0.2, 0.25) is 0 Å². The van der Waals surface area contributed by atoms with Gasteiger partial charge in [0.1, 0.15) is 0 Å². The van der Waals surface area contributed by atoms with Crippen LogP contribution in [0.5, 0.6) is 0 Å². The molecular weight excluding hydrogens is 300 g/mol. The molecule has 1 aliphatic rings. The molecule has 0 bridgehead atoms. The van der Waals surface area contributed by atoms with Crippen molar-refractivity contribution in [2.75, 3.05) is 25.0 Å². The fourth-order valence-electron chi connectivity index (χ4n) is 2.67. The monoisotopic (exact) mass is 322 g/mol. The van der Waals surface area contributed by atoms with Crippen molar-refractivity contribution in [1.82, 2.24) is 10.2 Å². The van der Waals surface area contributed by atoms with Crippen molar-refractivity contribution < 1.29 is 4.92 Å². The lowest BCUT2D eigenvalue weighted by Gasteiger charge is -2.32. The Balaban J connectivity index is 1.81. The number of nitro groups is 1. The number of benzene rings is 1. The first-order chi connectivity index (χ1) is 10.6. The van der Waals surface area contributed by atoms with Crippen LogP contribution in [0, 0.1) is 10.1 Å². The number of nitrogens with zero attached hydrogens (tertiary/aromatic N) is 2. The molecule has 2 rings (SSSR count). The van der Waals surface area contributed by atoms with E-state index >= 15 is 0 Å². The second kappa shape index (κ2) is 8.05. The van der Waals surface area contributed by atoms with Gasteiger partial charge >= 0.3 is 0 Å². The van der Waals surface area contributed by atoms with Crippen LogP contribution in [-0.2, 0) is 0 Å². The highest BCUT2D eigenvalue weighted by atomic mass is 32.1. The van der Waals surface area contributed by atoms with Crippen LogP contribution < -0.4 is 10.6 Å². The average Bonchev–Trinajstić information content (AvgIpc) is 2.49. The van der Waals surface area contributed by atoms with Crippen LogP contribution in [0.4, 0.5) is 11.4 Å². The Morgan fingerprint density at radius 1 is 1.45 bits per heavy atom. The summed E-state index contributed by atoms with van der Waals surface area (Å²) in [6, 6.07) is 6.73. The normalized spacial score (nSPS) is 16.2. The summed E-state index contributed by atoms with van der Waals surface area (Å²) in [4.78, 5) is 12.8. The van der Waals surface area contributed by atoms with E-state index in [1.54, 1.807) is 12.1 Å². The largest absolute Gasteiger partial charge is 0.360 e. The minimum Gasteiger partial charge on any atom is -0.360 e. The molecule has 0 spiro atoms. The summed E-state index contributed by atoms with van der Waals surface area (Å²) in [5.41, 5.74) is 0.691. The molecule has 0 amide bonds. The van der Waals surface area contributed by atoms with Crippen LogP contribution in [0.15, 0.2) is 24.3 Å². The highest BCUT2D eigenvalue weighted by molar-refractivity contribution is 7.80. The molecule has 0 unspecified atom stereocenters. The quantitative estimate of drug-likeness (QED) is 0.493. The zero-order chi connectivity index (χ0) is 15.9. The summed E-state index contributed by atoms with van der Waals surface area (Å²) in [5.74, 6) is 0. The first-order valence-corrected chi connectivity index (χ1v) is 8.03. The van der Waals surface area contributed by atoms with Crippen molar-refractivity contribution in [3.63, 3.8) is 0 Å². The second-order valence-corrected chi connectivity index (χ2v) is 5.93. The van der Waals surface area contributed by atoms with Crippen molar-refractivity contribution in [3.05, 3.63) is 34.4 Å². The van der Waals surface area contributed by atoms with Crippen molar-refractivity contribution in [2.45, 2.75) is 32.2 Å². The predicted molar refractivity (Wildman–Crippen MR) is 92.2 cm³/mol. The number of hydrogen-bond donors (Lipinski definition) is 2. The lowest BCUT2D eigenvalue weighted by molar-refractivity contribution is -0.384. The van der Waals surface area contributed by atoms with E-state index in [0.717, 1.165) is 32.5 Å². The minimum absolute atomic E-state index is 0.0562. The van der Waals surface area contributed by atoms with Gasteiger partial charge in [0.15, 0.2) is 5.11 Å². The summed E-state index contributed by atoms with van der Waals surface area (Å²) >= 11 is 5.30. The van der Waals surface area contributed by atoms with Crippen molar-refractivity contribution >= 4 is 28.7 Å². The average molecular weight is 322 g/mol. The first kappa shape index (κ1) is 16.6. The molecule has 120 valence electrons. The highest BCUT2D eigenvalue weighted by Crippen LogP contribution is 2.17. The summed E-state index contributed by atoms with van der Waals surface area (Å²) < 4.78 is 0. The van der Waals surface area contributed by atoms with Gasteiger partial charge in [-0.15, -0.1) is 0 Å². The van der Waals surface area contributed by atoms with Crippen molar-refractivity contribution in [1.29, 1.82) is 0 Å². The smallest absolute Gasteiger partial charge is 0.271 e. The SMILES string of the molecule is CCCN1CCC(NC(=S)Nc2cccc([N+](=O)[O-])c2)CC1. The molecule has 1 saturated heterocycles. The zero-order valence-corrected chi connectivity index (χ0v) is 13.6. The van der Waals surface area contributed by atoms with Crippen molar-refractivity contribution in [2.24, 2.45) is 0 Å². The zero-order valence-electron chi connectivity index (χ0n) is 12.7. The Bertz CT molecular complexity index is 530. The number of nitrogens with one attached hydrogen (secondary N) is 2. The number of anilines is 1. The van der Waals surface area contributed by atoms with E-state index in [9.17, 15) is 10.1 Å². The fraction of sp³-hybridized carbons (Fsp3) is 0.533. The maximum atomic E-state index is 10.8. The Hall–Kier alpha value is -1.73. The van der Waals surface area contributed by atoms with Gasteiger partial charge in [-0.25, -0.2) is 0 Å². The van der Waals surface area contributed by atoms with E-state index in [0.29, 0.717) is 16.8 Å². The Labute approximate surface area is 136 Å². The lowest BCUT2D eigenvalue weighted by atomic mass is 10.1. The molecule has 7 heteroatoms. The maximum Gasteiger partial charge on any atom is 0.271 e. The molecule has 0 aliphatic carbocycles. The maximum absolute atomic E-state index is 10.8. The summed E-state index contributed by atoms with van der Waals surface area (Å²) in [5, 5.41) is 17.6. The van der Waals surface area contributed by atoms with Crippen LogP contribution in [-0.4, -0.2) is 40.6 Å². The summed E-state index contributed by atoms with van der Waals surface area (Å²) in [6.45, 7) is 5.53. The molecule has 1 aromatic rings. The van der Waals surface area contributed by atoms with Gasteiger partial charge in [-0.1, -0.05) is 13.0 Å². The second-order valence-electron chi connectivity index (χ2n) is 5.52. The summed E-state index contributed by atoms with van der Waals surface area (Å²) in [7, 11) is 0. The third-order valence-corrected chi connectivity index (χ3v) is 4.00. The standard InChI is InChI=1S/C15H22N4O2S/c1-2-8-18-9-6-12(7-10-18)16-15(22)17-13-4-3-5-14(11-13)19(20)21/h3-5,11-12H,2,6-10H2,1H3,(H2,16,17,22). The van der Waals surface area contributed by atoms with Gasteiger partial charge in [-0.2, -0.15) is 0 Å². The molecule has 1 aliphatic heterocycles. The molecule has 2 N–H and O–H groups in total. The van der Waals surface area contributed by atoms with E-state index in [1.165, 1.54) is 18.6 Å². The van der Waals surface area contributed by atoms with Crippen LogP contribution in [0.1, 0.15) is 26.2 Å². The van der Waals surface area contributed by atoms with Crippen LogP contribution in [0.2, 0.25) is 0 Å². The van der Waals surface area contributed by atoms with E-state index < -0.39 is 4.92 Å². The molecular formula is C15H22N4O2S. The lowest BCUT2D eigenvalue weighted by Crippen LogP contribution is -2.45. The third-order valence-electron chi connectivity index (χ3n) is 3.78. The molecule has 0 atom stereocenters. The molecule has 1 aromatic carbocycles. The van der Waals surface area contributed by atoms with Gasteiger partial charge in [0.05, 0.1) is 4.92 Å². The molecule has 0 saturated carbocycles. The molecule has 6 nitrogen and oxygen atoms in total. The third kappa shape index (κ3) is 4.92. The minimum atomic E-state index is -0.412. The van der Waals surface area contributed by atoms with Crippen molar-refractivity contribution in [3.8, 4) is 0 Å². The molecule has 22 heavy (non-hydrogen) atoms. The van der Waals surface area contributed by atoms with Gasteiger partial charge in [-0.05, 0) is 44.1 Å². The van der Waals surface area contributed by atoms with Gasteiger partial charge in [-0.3, -0.25) is 10.1 Å². The van der Waals surface area contributed by atoms with Gasteiger partial charge in [0.25, 0.3) is 5.69 Å². The highest BCUT2D eigenvalue weighted by Gasteiger charge is 2.19. The number of nitro benzene ring substituents is 1. The molecule has 0 radical (unpaired) electrons. The first-order valence-electron chi connectivity index (χ1n) is 7.63. The van der Waals surface area contributed by atoms with E-state index in [2.05, 4.69) is 22.5 Å². The van der Waals surface area contributed by atoms with E-state index in [1.807, 2.05) is 0 Å². The number of likely N-dealkylation sites (tertiary alicyclic amines) is 1. The van der Waals surface area contributed by atoms with Crippen LogP contribution >= 0.6 is 12.2 Å². The number of piperidine rings is 1. The topological polar surface area (TPSA) is 70.4 Å². The predicted octanol–water partition coefficient (Wildman–Crippen LogP) is 2.76.